The monoisotopic (exact) mass is 283 g/mol. The van der Waals surface area contributed by atoms with E-state index in [1.54, 1.807) is 0 Å². The molecule has 0 spiro atoms. The Labute approximate surface area is 105 Å². The topological polar surface area (TPSA) is 37.8 Å². The molecule has 1 fully saturated rings. The van der Waals surface area contributed by atoms with Crippen LogP contribution in [0.2, 0.25) is 0 Å². The molecule has 88 valence electrons. The van der Waals surface area contributed by atoms with Crippen molar-refractivity contribution in [3.05, 3.63) is 16.0 Å². The average Bonchev–Trinajstić information content (AvgIpc) is 2.69. The Kier molecular flexibility index (Phi) is 3.47. The predicted molar refractivity (Wildman–Crippen MR) is 69.8 cm³/mol. The Morgan fingerprint density at radius 1 is 1.31 bits per heavy atom. The summed E-state index contributed by atoms with van der Waals surface area (Å²) in [6.07, 6.45) is 3.76. The van der Waals surface area contributed by atoms with E-state index in [0.29, 0.717) is 5.92 Å². The van der Waals surface area contributed by atoms with E-state index in [4.69, 9.17) is 0 Å². The molecule has 1 heterocycles. The molecule has 0 bridgehead atoms. The van der Waals surface area contributed by atoms with E-state index in [1.807, 2.05) is 14.0 Å². The molecule has 3 nitrogen and oxygen atoms in total. The van der Waals surface area contributed by atoms with Crippen LogP contribution in [0.4, 0.5) is 5.82 Å². The van der Waals surface area contributed by atoms with Crippen molar-refractivity contribution < 1.29 is 0 Å². The number of hydrogen-bond acceptors (Lipinski definition) is 3. The van der Waals surface area contributed by atoms with Crippen molar-refractivity contribution in [3.8, 4) is 0 Å². The van der Waals surface area contributed by atoms with Gasteiger partial charge >= 0.3 is 0 Å². The Hall–Kier alpha value is -0.640. The van der Waals surface area contributed by atoms with Crippen LogP contribution in [0.5, 0.6) is 0 Å². The van der Waals surface area contributed by atoms with Crippen LogP contribution >= 0.6 is 15.9 Å². The van der Waals surface area contributed by atoms with Gasteiger partial charge in [0.15, 0.2) is 0 Å². The fraction of sp³-hybridized carbons (Fsp3) is 0.667. The van der Waals surface area contributed by atoms with E-state index in [2.05, 4.69) is 38.1 Å². The summed E-state index contributed by atoms with van der Waals surface area (Å²) in [6, 6.07) is 0. The molecule has 1 aromatic heterocycles. The summed E-state index contributed by atoms with van der Waals surface area (Å²) in [5.41, 5.74) is 1.02. The summed E-state index contributed by atoms with van der Waals surface area (Å²) in [4.78, 5) is 9.20. The van der Waals surface area contributed by atoms with Gasteiger partial charge in [-0.1, -0.05) is 6.92 Å². The third kappa shape index (κ3) is 2.21. The first-order valence-electron chi connectivity index (χ1n) is 5.83. The lowest BCUT2D eigenvalue weighted by Gasteiger charge is -2.12. The van der Waals surface area contributed by atoms with Crippen molar-refractivity contribution in [2.45, 2.75) is 39.0 Å². The third-order valence-corrected chi connectivity index (χ3v) is 4.28. The fourth-order valence-corrected chi connectivity index (χ4v) is 2.75. The van der Waals surface area contributed by atoms with Crippen LogP contribution in [0.3, 0.4) is 0 Å². The Balaban J connectivity index is 2.31. The number of anilines is 1. The van der Waals surface area contributed by atoms with Gasteiger partial charge in [0.1, 0.15) is 11.6 Å². The average molecular weight is 284 g/mol. The minimum atomic E-state index is 0.550. The maximum atomic E-state index is 4.60. The summed E-state index contributed by atoms with van der Waals surface area (Å²) in [5.74, 6) is 3.28. The largest absolute Gasteiger partial charge is 0.372 e. The summed E-state index contributed by atoms with van der Waals surface area (Å²) in [5, 5.41) is 3.11. The summed E-state index contributed by atoms with van der Waals surface area (Å²) >= 11 is 3.51. The Morgan fingerprint density at radius 3 is 2.62 bits per heavy atom. The molecule has 1 aliphatic carbocycles. The molecule has 1 N–H and O–H groups in total. The van der Waals surface area contributed by atoms with Crippen LogP contribution < -0.4 is 5.32 Å². The smallest absolute Gasteiger partial charge is 0.144 e. The van der Waals surface area contributed by atoms with Crippen LogP contribution in [0, 0.1) is 12.8 Å². The molecule has 2 rings (SSSR count). The highest BCUT2D eigenvalue weighted by molar-refractivity contribution is 9.10. The van der Waals surface area contributed by atoms with E-state index in [0.717, 1.165) is 27.7 Å². The first-order valence-corrected chi connectivity index (χ1v) is 6.63. The van der Waals surface area contributed by atoms with Gasteiger partial charge in [-0.3, -0.25) is 0 Å². The lowest BCUT2D eigenvalue weighted by atomic mass is 10.1. The van der Waals surface area contributed by atoms with E-state index in [1.165, 1.54) is 19.3 Å². The molecule has 0 aliphatic heterocycles. The molecule has 0 saturated heterocycles. The van der Waals surface area contributed by atoms with Crippen molar-refractivity contribution in [1.82, 2.24) is 9.97 Å². The second-order valence-corrected chi connectivity index (χ2v) is 5.49. The predicted octanol–water partition coefficient (Wildman–Crippen LogP) is 3.49. The van der Waals surface area contributed by atoms with Gasteiger partial charge in [0, 0.05) is 13.0 Å². The van der Waals surface area contributed by atoms with Crippen LogP contribution in [-0.2, 0) is 0 Å². The second kappa shape index (κ2) is 4.70. The van der Waals surface area contributed by atoms with E-state index in [9.17, 15) is 0 Å². The van der Waals surface area contributed by atoms with Crippen molar-refractivity contribution >= 4 is 21.7 Å². The van der Waals surface area contributed by atoms with Crippen LogP contribution in [-0.4, -0.2) is 17.0 Å². The third-order valence-electron chi connectivity index (χ3n) is 3.33. The Morgan fingerprint density at radius 2 is 2.06 bits per heavy atom. The van der Waals surface area contributed by atoms with E-state index in [-0.39, 0.29) is 0 Å². The lowest BCUT2D eigenvalue weighted by Crippen LogP contribution is -2.07. The van der Waals surface area contributed by atoms with Gasteiger partial charge in [0.05, 0.1) is 10.2 Å². The molecular formula is C12H18BrN3. The number of aromatic nitrogens is 2. The number of hydrogen-bond donors (Lipinski definition) is 1. The highest BCUT2D eigenvalue weighted by Crippen LogP contribution is 2.37. The SMILES string of the molecule is CNc1nc(C2CCC(C)C2)nc(C)c1Br. The van der Waals surface area contributed by atoms with Crippen LogP contribution in [0.15, 0.2) is 4.47 Å². The normalized spacial score (nSPS) is 24.8. The standard InChI is InChI=1S/C12H18BrN3/c1-7-4-5-9(6-7)11-15-8(2)10(13)12(14-3)16-11/h7,9H,4-6H2,1-3H3,(H,14,15,16). The molecule has 1 aromatic rings. The number of nitrogens with one attached hydrogen (secondary N) is 1. The van der Waals surface area contributed by atoms with Gasteiger partial charge in [0.2, 0.25) is 0 Å². The summed E-state index contributed by atoms with van der Waals surface area (Å²) in [7, 11) is 1.90. The molecule has 1 saturated carbocycles. The van der Waals surface area contributed by atoms with Crippen molar-refractivity contribution in [2.75, 3.05) is 12.4 Å². The van der Waals surface area contributed by atoms with Crippen LogP contribution in [0.1, 0.15) is 43.6 Å². The maximum absolute atomic E-state index is 4.60. The quantitative estimate of drug-likeness (QED) is 0.903. The zero-order chi connectivity index (χ0) is 11.7. The molecule has 16 heavy (non-hydrogen) atoms. The van der Waals surface area contributed by atoms with Gasteiger partial charge < -0.3 is 5.32 Å². The minimum Gasteiger partial charge on any atom is -0.372 e. The molecular weight excluding hydrogens is 266 g/mol. The summed E-state index contributed by atoms with van der Waals surface area (Å²) in [6.45, 7) is 4.33. The maximum Gasteiger partial charge on any atom is 0.144 e. The highest BCUT2D eigenvalue weighted by Gasteiger charge is 2.26. The van der Waals surface area contributed by atoms with Gasteiger partial charge in [-0.2, -0.15) is 0 Å². The lowest BCUT2D eigenvalue weighted by molar-refractivity contribution is 0.584. The van der Waals surface area contributed by atoms with Gasteiger partial charge in [0.25, 0.3) is 0 Å². The second-order valence-electron chi connectivity index (χ2n) is 4.69. The molecule has 4 heteroatoms. The molecule has 0 amide bonds. The zero-order valence-electron chi connectivity index (χ0n) is 10.0. The van der Waals surface area contributed by atoms with Crippen LogP contribution in [0.25, 0.3) is 0 Å². The van der Waals surface area contributed by atoms with Crippen molar-refractivity contribution in [2.24, 2.45) is 5.92 Å². The zero-order valence-corrected chi connectivity index (χ0v) is 11.6. The van der Waals surface area contributed by atoms with Gasteiger partial charge in [-0.05, 0) is 48.0 Å². The van der Waals surface area contributed by atoms with E-state index >= 15 is 0 Å². The Bertz CT molecular complexity index is 392. The van der Waals surface area contributed by atoms with Crippen molar-refractivity contribution in [3.63, 3.8) is 0 Å². The molecule has 0 aromatic carbocycles. The molecule has 1 aliphatic rings. The van der Waals surface area contributed by atoms with Crippen molar-refractivity contribution in [1.29, 1.82) is 0 Å². The number of nitrogens with zero attached hydrogens (tertiary/aromatic N) is 2. The minimum absolute atomic E-state index is 0.550. The summed E-state index contributed by atoms with van der Waals surface area (Å²) < 4.78 is 0.977. The first kappa shape index (κ1) is 11.8. The van der Waals surface area contributed by atoms with E-state index < -0.39 is 0 Å². The molecule has 2 unspecified atom stereocenters. The molecule has 0 radical (unpaired) electrons. The molecule has 2 atom stereocenters. The number of rotatable bonds is 2. The number of halogens is 1. The highest BCUT2D eigenvalue weighted by atomic mass is 79.9. The first-order chi connectivity index (χ1) is 7.61. The van der Waals surface area contributed by atoms with Gasteiger partial charge in [-0.15, -0.1) is 0 Å². The number of aryl methyl sites for hydroxylation is 1. The van der Waals surface area contributed by atoms with Gasteiger partial charge in [-0.25, -0.2) is 9.97 Å². The fourth-order valence-electron chi connectivity index (χ4n) is 2.37.